The van der Waals surface area contributed by atoms with E-state index >= 15 is 0 Å². The van der Waals surface area contributed by atoms with Crippen molar-refractivity contribution in [3.8, 4) is 0 Å². The van der Waals surface area contributed by atoms with Gasteiger partial charge < -0.3 is 10.6 Å². The summed E-state index contributed by atoms with van der Waals surface area (Å²) in [7, 11) is -4.47. The van der Waals surface area contributed by atoms with Gasteiger partial charge in [0.15, 0.2) is 0 Å². The highest BCUT2D eigenvalue weighted by Gasteiger charge is 2.36. The molecule has 6 heteroatoms. The predicted molar refractivity (Wildman–Crippen MR) is 190 cm³/mol. The number of fused-ring (bicyclic) bond motifs is 4. The van der Waals surface area contributed by atoms with Gasteiger partial charge in [0, 0.05) is 33.4 Å². The zero-order chi connectivity index (χ0) is 29.0. The van der Waals surface area contributed by atoms with Crippen LogP contribution in [0.4, 0.5) is 22.7 Å². The standard InChI is InChI=1S/C34H44N2P2Si2/c1-23-13-17-31-29(19-23)36-30-20-24(2)14-18-32(30)38(40(8,9)10)34-22-26(4)12-16-28(34)35-27-15-11-25(3)21-33(27)37(31)39(5,6)7/h11-22,35-36H,1-10H3. The maximum absolute atomic E-state index is 4.09. The van der Waals surface area contributed by atoms with Crippen LogP contribution in [0.15, 0.2) is 72.8 Å². The molecule has 0 saturated carbocycles. The van der Waals surface area contributed by atoms with Gasteiger partial charge in [-0.15, -0.1) is 0 Å². The van der Waals surface area contributed by atoms with E-state index in [2.05, 4.69) is 150 Å². The Bertz CT molecular complexity index is 1470. The summed E-state index contributed by atoms with van der Waals surface area (Å²) in [5.74, 6) is 0. The first kappa shape index (κ1) is 29.3. The van der Waals surface area contributed by atoms with E-state index in [0.717, 1.165) is 0 Å². The SMILES string of the molecule is Cc1ccc2c(c1)Nc1cc(C)ccc1P([Si](C)(C)C)c1cc(C)ccc1Nc1ccc(C)cc1P2[Si](C)(C)C. The normalized spacial score (nSPS) is 17.1. The van der Waals surface area contributed by atoms with Crippen LogP contribution in [0.1, 0.15) is 22.3 Å². The Morgan fingerprint density at radius 2 is 0.725 bits per heavy atom. The second kappa shape index (κ2) is 10.9. The molecule has 2 atom stereocenters. The molecule has 0 spiro atoms. The molecule has 0 amide bonds. The van der Waals surface area contributed by atoms with E-state index in [1.807, 2.05) is 0 Å². The average molecular weight is 599 g/mol. The summed E-state index contributed by atoms with van der Waals surface area (Å²) in [6, 6.07) is 28.4. The summed E-state index contributed by atoms with van der Waals surface area (Å²) in [5, 5.41) is 14.1. The molecule has 208 valence electrons. The predicted octanol–water partition coefficient (Wildman–Crippen LogP) is 9.26. The lowest BCUT2D eigenvalue weighted by atomic mass is 10.2. The minimum Gasteiger partial charge on any atom is -0.354 e. The molecule has 0 aliphatic carbocycles. The van der Waals surface area contributed by atoms with Gasteiger partial charge in [0.05, 0.1) is 15.5 Å². The smallest absolute Gasteiger partial charge is 0.0829 e. The molecule has 1 aliphatic heterocycles. The molecule has 2 unspecified atom stereocenters. The Balaban J connectivity index is 1.92. The van der Waals surface area contributed by atoms with Crippen molar-refractivity contribution in [2.45, 2.75) is 67.0 Å². The molecule has 5 rings (SSSR count). The number of aryl methyl sites for hydroxylation is 4. The van der Waals surface area contributed by atoms with Gasteiger partial charge in [-0.2, -0.15) is 0 Å². The van der Waals surface area contributed by atoms with E-state index in [1.165, 1.54) is 66.2 Å². The van der Waals surface area contributed by atoms with Crippen molar-refractivity contribution in [1.82, 2.24) is 0 Å². The summed E-state index contributed by atoms with van der Waals surface area (Å²) in [6.45, 7) is 24.2. The lowest BCUT2D eigenvalue weighted by molar-refractivity contribution is 1.44. The van der Waals surface area contributed by atoms with E-state index in [1.54, 1.807) is 0 Å². The monoisotopic (exact) mass is 598 g/mol. The Morgan fingerprint density at radius 1 is 0.400 bits per heavy atom. The second-order valence-electron chi connectivity index (χ2n) is 13.3. The van der Waals surface area contributed by atoms with Gasteiger partial charge in [0.2, 0.25) is 0 Å². The molecule has 0 aromatic heterocycles. The Hall–Kier alpha value is -2.23. The zero-order valence-corrected chi connectivity index (χ0v) is 29.6. The molecule has 1 aliphatic rings. The molecular formula is C34H44N2P2Si2. The average Bonchev–Trinajstić information content (AvgIpc) is 2.83. The molecule has 4 aromatic rings. The van der Waals surface area contributed by atoms with Crippen molar-refractivity contribution in [2.75, 3.05) is 10.6 Å². The quantitative estimate of drug-likeness (QED) is 0.178. The maximum Gasteiger partial charge on any atom is 0.0829 e. The van der Waals surface area contributed by atoms with Gasteiger partial charge in [-0.1, -0.05) is 102 Å². The van der Waals surface area contributed by atoms with Crippen LogP contribution in [0.2, 0.25) is 39.3 Å². The summed E-state index contributed by atoms with van der Waals surface area (Å²) >= 11 is 0. The van der Waals surface area contributed by atoms with Gasteiger partial charge in [0.1, 0.15) is 0 Å². The molecule has 0 bridgehead atoms. The van der Waals surface area contributed by atoms with Gasteiger partial charge >= 0.3 is 0 Å². The molecular weight excluding hydrogens is 555 g/mol. The molecule has 0 fully saturated rings. The Kier molecular flexibility index (Phi) is 7.96. The van der Waals surface area contributed by atoms with E-state index in [4.69, 9.17) is 0 Å². The Morgan fingerprint density at radius 3 is 1.10 bits per heavy atom. The molecule has 4 aromatic carbocycles. The van der Waals surface area contributed by atoms with Crippen molar-refractivity contribution in [1.29, 1.82) is 0 Å². The number of rotatable bonds is 2. The van der Waals surface area contributed by atoms with Crippen molar-refractivity contribution in [2.24, 2.45) is 0 Å². The van der Waals surface area contributed by atoms with E-state index in [9.17, 15) is 0 Å². The molecule has 1 heterocycles. The summed E-state index contributed by atoms with van der Waals surface area (Å²) in [4.78, 5) is 0. The van der Waals surface area contributed by atoms with Crippen molar-refractivity contribution >= 4 is 74.4 Å². The highest BCUT2D eigenvalue weighted by molar-refractivity contribution is 8.05. The van der Waals surface area contributed by atoms with Crippen LogP contribution in [-0.2, 0) is 0 Å². The van der Waals surface area contributed by atoms with Crippen LogP contribution < -0.4 is 31.9 Å². The third-order valence-corrected chi connectivity index (χ3v) is 24.5. The fraction of sp³-hybridized carbons (Fsp3) is 0.294. The van der Waals surface area contributed by atoms with Crippen LogP contribution in [0, 0.1) is 27.7 Å². The fourth-order valence-corrected chi connectivity index (χ4v) is 22.7. The molecule has 2 N–H and O–H groups in total. The molecule has 0 radical (unpaired) electrons. The molecule has 2 nitrogen and oxygen atoms in total. The molecule has 40 heavy (non-hydrogen) atoms. The number of hydrogen-bond acceptors (Lipinski definition) is 2. The third kappa shape index (κ3) is 5.88. The van der Waals surface area contributed by atoms with Gasteiger partial charge in [-0.3, -0.25) is 0 Å². The lowest BCUT2D eigenvalue weighted by Gasteiger charge is -2.37. The number of anilines is 4. The van der Waals surface area contributed by atoms with Crippen molar-refractivity contribution in [3.05, 3.63) is 95.1 Å². The van der Waals surface area contributed by atoms with Crippen LogP contribution in [-0.4, -0.2) is 15.5 Å². The first-order chi connectivity index (χ1) is 18.7. The number of hydrogen-bond donors (Lipinski definition) is 2. The van der Waals surface area contributed by atoms with Crippen molar-refractivity contribution < 1.29 is 0 Å². The van der Waals surface area contributed by atoms with Crippen LogP contribution in [0.3, 0.4) is 0 Å². The van der Waals surface area contributed by atoms with Gasteiger partial charge in [0.25, 0.3) is 0 Å². The largest absolute Gasteiger partial charge is 0.354 e. The minimum atomic E-state index is -1.67. The Labute approximate surface area is 246 Å². The third-order valence-electron chi connectivity index (χ3n) is 7.45. The van der Waals surface area contributed by atoms with Crippen LogP contribution in [0.25, 0.3) is 0 Å². The zero-order valence-electron chi connectivity index (χ0n) is 25.8. The summed E-state index contributed by atoms with van der Waals surface area (Å²) in [6.07, 6.45) is 0. The van der Waals surface area contributed by atoms with Gasteiger partial charge in [-0.05, 0) is 85.8 Å². The minimum absolute atomic E-state index is 0.564. The van der Waals surface area contributed by atoms with Gasteiger partial charge in [-0.25, -0.2) is 0 Å². The summed E-state index contributed by atoms with van der Waals surface area (Å²) < 4.78 is 0. The van der Waals surface area contributed by atoms with Crippen LogP contribution in [0.5, 0.6) is 0 Å². The van der Waals surface area contributed by atoms with Crippen LogP contribution >= 0.6 is 14.9 Å². The fourth-order valence-electron chi connectivity index (χ4n) is 5.75. The summed E-state index contributed by atoms with van der Waals surface area (Å²) in [5.41, 5.74) is 10.4. The van der Waals surface area contributed by atoms with E-state index < -0.39 is 30.4 Å². The van der Waals surface area contributed by atoms with E-state index in [-0.39, 0.29) is 0 Å². The highest BCUT2D eigenvalue weighted by atomic mass is 31.4. The maximum atomic E-state index is 4.09. The topological polar surface area (TPSA) is 24.1 Å². The lowest BCUT2D eigenvalue weighted by Crippen LogP contribution is -2.35. The first-order valence-corrected chi connectivity index (χ1v) is 25.7. The number of benzene rings is 4. The second-order valence-corrected chi connectivity index (χ2v) is 36.0. The highest BCUT2D eigenvalue weighted by Crippen LogP contribution is 2.52. The first-order valence-electron chi connectivity index (χ1n) is 14.3. The number of nitrogens with one attached hydrogen (secondary N) is 2. The van der Waals surface area contributed by atoms with Crippen molar-refractivity contribution in [3.63, 3.8) is 0 Å². The molecule has 0 saturated heterocycles. The van der Waals surface area contributed by atoms with E-state index in [0.29, 0.717) is 0 Å².